The number of aryl methyl sites for hydroxylation is 1. The summed E-state index contributed by atoms with van der Waals surface area (Å²) in [6, 6.07) is 8.63. The maximum absolute atomic E-state index is 4.52. The largest absolute Gasteiger partial charge is 0.265 e. The van der Waals surface area contributed by atoms with E-state index in [1.807, 2.05) is 6.20 Å². The molecule has 0 aliphatic heterocycles. The third-order valence-electron chi connectivity index (χ3n) is 2.40. The molecule has 0 heterocycles. The van der Waals surface area contributed by atoms with Crippen LogP contribution in [-0.2, 0) is 6.42 Å². The van der Waals surface area contributed by atoms with E-state index in [0.29, 0.717) is 0 Å². The first-order valence-electron chi connectivity index (χ1n) is 5.86. The molecule has 0 aliphatic carbocycles. The van der Waals surface area contributed by atoms with Gasteiger partial charge in [-0.3, -0.25) is 4.99 Å². The van der Waals surface area contributed by atoms with Crippen molar-refractivity contribution in [2.24, 2.45) is 4.99 Å². The number of hydrogen-bond acceptors (Lipinski definition) is 1. The Hall–Kier alpha value is -1.37. The number of nitrogens with zero attached hydrogens (tertiary/aromatic N) is 1. The second-order valence-electron chi connectivity index (χ2n) is 4.42. The van der Waals surface area contributed by atoms with Crippen LogP contribution in [0.3, 0.4) is 0 Å². The van der Waals surface area contributed by atoms with Gasteiger partial charge in [0.25, 0.3) is 0 Å². The fraction of sp³-hybridized carbons (Fsp3) is 0.400. The first kappa shape index (κ1) is 12.7. The van der Waals surface area contributed by atoms with Gasteiger partial charge in [-0.25, -0.2) is 0 Å². The van der Waals surface area contributed by atoms with Crippen molar-refractivity contribution in [2.75, 3.05) is 0 Å². The molecular formula is C15H21N. The first-order valence-corrected chi connectivity index (χ1v) is 5.86. The van der Waals surface area contributed by atoms with Crippen LogP contribution in [0.5, 0.6) is 0 Å². The molecule has 0 unspecified atom stereocenters. The molecule has 0 N–H and O–H groups in total. The van der Waals surface area contributed by atoms with E-state index < -0.39 is 0 Å². The molecular weight excluding hydrogens is 194 g/mol. The first-order chi connectivity index (χ1) is 7.61. The van der Waals surface area contributed by atoms with Crippen LogP contribution >= 0.6 is 0 Å². The van der Waals surface area contributed by atoms with Gasteiger partial charge < -0.3 is 0 Å². The van der Waals surface area contributed by atoms with Gasteiger partial charge in [0, 0.05) is 18.3 Å². The summed E-state index contributed by atoms with van der Waals surface area (Å²) < 4.78 is 0. The van der Waals surface area contributed by atoms with Crippen LogP contribution < -0.4 is 0 Å². The summed E-state index contributed by atoms with van der Waals surface area (Å²) in [5.41, 5.74) is 5.15. The molecule has 1 aromatic rings. The third-order valence-corrected chi connectivity index (χ3v) is 2.40. The lowest BCUT2D eigenvalue weighted by atomic mass is 10.0. The van der Waals surface area contributed by atoms with Crippen molar-refractivity contribution in [3.63, 3.8) is 0 Å². The van der Waals surface area contributed by atoms with Gasteiger partial charge in [-0.15, -0.1) is 0 Å². The molecule has 16 heavy (non-hydrogen) atoms. The van der Waals surface area contributed by atoms with Gasteiger partial charge in [-0.05, 0) is 32.8 Å². The van der Waals surface area contributed by atoms with Crippen molar-refractivity contribution in [3.8, 4) is 0 Å². The molecule has 1 rings (SSSR count). The van der Waals surface area contributed by atoms with E-state index in [0.717, 1.165) is 12.8 Å². The Labute approximate surface area is 98.9 Å². The normalized spacial score (nSPS) is 11.4. The van der Waals surface area contributed by atoms with Crippen LogP contribution in [0.4, 0.5) is 0 Å². The summed E-state index contributed by atoms with van der Waals surface area (Å²) in [6.07, 6.45) is 3.92. The Morgan fingerprint density at radius 3 is 2.62 bits per heavy atom. The van der Waals surface area contributed by atoms with E-state index in [2.05, 4.69) is 57.0 Å². The second kappa shape index (κ2) is 6.26. The summed E-state index contributed by atoms with van der Waals surface area (Å²) in [4.78, 5) is 4.52. The van der Waals surface area contributed by atoms with E-state index >= 15 is 0 Å². The number of benzene rings is 1. The van der Waals surface area contributed by atoms with Crippen molar-refractivity contribution < 1.29 is 0 Å². The molecule has 86 valence electrons. The van der Waals surface area contributed by atoms with Gasteiger partial charge in [0.05, 0.1) is 0 Å². The van der Waals surface area contributed by atoms with Crippen LogP contribution in [0.25, 0.3) is 0 Å². The molecule has 0 spiro atoms. The summed E-state index contributed by atoms with van der Waals surface area (Å²) in [6.45, 7) is 8.43. The quantitative estimate of drug-likeness (QED) is 0.664. The number of rotatable bonds is 4. The fourth-order valence-electron chi connectivity index (χ4n) is 1.54. The van der Waals surface area contributed by atoms with Crippen molar-refractivity contribution in [2.45, 2.75) is 40.5 Å². The standard InChI is InChI=1S/C15H21N/c1-5-15(16-11-12(2)3)10-14-8-6-7-13(4)9-14/h6-9,11H,5,10H2,1-4H3. The SMILES string of the molecule is CCC(Cc1cccc(C)c1)=NC=C(C)C. The molecule has 0 aliphatic rings. The summed E-state index contributed by atoms with van der Waals surface area (Å²) >= 11 is 0. The van der Waals surface area contributed by atoms with Gasteiger partial charge in [0.15, 0.2) is 0 Å². The molecule has 0 fully saturated rings. The van der Waals surface area contributed by atoms with Crippen molar-refractivity contribution in [3.05, 3.63) is 47.2 Å². The Morgan fingerprint density at radius 1 is 1.31 bits per heavy atom. The van der Waals surface area contributed by atoms with Crippen molar-refractivity contribution >= 4 is 5.71 Å². The molecule has 1 aromatic carbocycles. The maximum Gasteiger partial charge on any atom is 0.0253 e. The topological polar surface area (TPSA) is 12.4 Å². The van der Waals surface area contributed by atoms with Gasteiger partial charge in [-0.1, -0.05) is 42.3 Å². The smallest absolute Gasteiger partial charge is 0.0253 e. The molecule has 0 radical (unpaired) electrons. The highest BCUT2D eigenvalue weighted by Gasteiger charge is 1.98. The van der Waals surface area contributed by atoms with E-state index in [4.69, 9.17) is 0 Å². The average Bonchev–Trinajstić information content (AvgIpc) is 2.24. The molecule has 0 aromatic heterocycles. The van der Waals surface area contributed by atoms with Gasteiger partial charge in [0.2, 0.25) is 0 Å². The molecule has 0 amide bonds. The zero-order valence-electron chi connectivity index (χ0n) is 10.7. The molecule has 0 saturated carbocycles. The molecule has 1 heteroatoms. The lowest BCUT2D eigenvalue weighted by Gasteiger charge is -2.04. The second-order valence-corrected chi connectivity index (χ2v) is 4.42. The minimum absolute atomic E-state index is 0.960. The maximum atomic E-state index is 4.52. The van der Waals surface area contributed by atoms with Crippen molar-refractivity contribution in [1.82, 2.24) is 0 Å². The Bertz CT molecular complexity index is 396. The monoisotopic (exact) mass is 215 g/mol. The molecule has 0 atom stereocenters. The molecule has 0 bridgehead atoms. The highest BCUT2D eigenvalue weighted by Crippen LogP contribution is 2.07. The van der Waals surface area contributed by atoms with Crippen LogP contribution in [0.1, 0.15) is 38.3 Å². The van der Waals surface area contributed by atoms with Crippen molar-refractivity contribution in [1.29, 1.82) is 0 Å². The molecule has 0 saturated heterocycles. The summed E-state index contributed by atoms with van der Waals surface area (Å²) in [5, 5.41) is 0. The van der Waals surface area contributed by atoms with Crippen LogP contribution in [-0.4, -0.2) is 5.71 Å². The number of hydrogen-bond donors (Lipinski definition) is 0. The predicted octanol–water partition coefficient (Wildman–Crippen LogP) is 4.31. The zero-order chi connectivity index (χ0) is 12.0. The minimum atomic E-state index is 0.960. The van der Waals surface area contributed by atoms with Gasteiger partial charge >= 0.3 is 0 Å². The third kappa shape index (κ3) is 4.43. The van der Waals surface area contributed by atoms with E-state index in [9.17, 15) is 0 Å². The summed E-state index contributed by atoms with van der Waals surface area (Å²) in [7, 11) is 0. The van der Waals surface area contributed by atoms with Crippen LogP contribution in [0.15, 0.2) is 41.0 Å². The lowest BCUT2D eigenvalue weighted by molar-refractivity contribution is 1.16. The fourth-order valence-corrected chi connectivity index (χ4v) is 1.54. The summed E-state index contributed by atoms with van der Waals surface area (Å²) in [5.74, 6) is 0. The highest BCUT2D eigenvalue weighted by molar-refractivity contribution is 5.86. The Morgan fingerprint density at radius 2 is 2.06 bits per heavy atom. The highest BCUT2D eigenvalue weighted by atomic mass is 14.7. The van der Waals surface area contributed by atoms with E-state index in [1.165, 1.54) is 22.4 Å². The van der Waals surface area contributed by atoms with Crippen LogP contribution in [0, 0.1) is 6.92 Å². The number of allylic oxidation sites excluding steroid dienone is 1. The van der Waals surface area contributed by atoms with E-state index in [1.54, 1.807) is 0 Å². The predicted molar refractivity (Wildman–Crippen MR) is 72.0 cm³/mol. The lowest BCUT2D eigenvalue weighted by Crippen LogP contribution is -2.01. The van der Waals surface area contributed by atoms with Gasteiger partial charge in [0.1, 0.15) is 0 Å². The van der Waals surface area contributed by atoms with E-state index in [-0.39, 0.29) is 0 Å². The number of aliphatic imine (C=N–C) groups is 1. The Kier molecular flexibility index (Phi) is 4.97. The van der Waals surface area contributed by atoms with Crippen LogP contribution in [0.2, 0.25) is 0 Å². The van der Waals surface area contributed by atoms with Gasteiger partial charge in [-0.2, -0.15) is 0 Å². The molecule has 1 nitrogen and oxygen atoms in total. The average molecular weight is 215 g/mol. The Balaban J connectivity index is 2.78. The zero-order valence-corrected chi connectivity index (χ0v) is 10.7. The minimum Gasteiger partial charge on any atom is -0.265 e.